The van der Waals surface area contributed by atoms with E-state index in [0.29, 0.717) is 15.1 Å². The fourth-order valence-corrected chi connectivity index (χ4v) is 2.21. The van der Waals surface area contributed by atoms with Crippen molar-refractivity contribution >= 4 is 28.6 Å². The van der Waals surface area contributed by atoms with Crippen molar-refractivity contribution in [2.24, 2.45) is 5.73 Å². The lowest BCUT2D eigenvalue weighted by atomic mass is 10.1. The minimum Gasteiger partial charge on any atom is -0.507 e. The highest BCUT2D eigenvalue weighted by molar-refractivity contribution is 14.1. The van der Waals surface area contributed by atoms with Gasteiger partial charge in [-0.25, -0.2) is 0 Å². The fourth-order valence-electron chi connectivity index (χ4n) is 1.72. The number of benzene rings is 2. The number of carboxylic acids is 1. The zero-order valence-electron chi connectivity index (χ0n) is 11.0. The number of hydrogen-bond donors (Lipinski definition) is 3. The van der Waals surface area contributed by atoms with Crippen LogP contribution in [0.25, 0.3) is 0 Å². The Labute approximate surface area is 135 Å². The summed E-state index contributed by atoms with van der Waals surface area (Å²) >= 11 is 2.02. The predicted molar refractivity (Wildman–Crippen MR) is 86.7 cm³/mol. The molecule has 21 heavy (non-hydrogen) atoms. The van der Waals surface area contributed by atoms with Crippen LogP contribution in [0.3, 0.4) is 0 Å². The molecule has 110 valence electrons. The third-order valence-corrected chi connectivity index (χ3v) is 3.72. The lowest BCUT2D eigenvalue weighted by Gasteiger charge is -2.09. The third-order valence-electron chi connectivity index (χ3n) is 2.85. The molecular formula is C15H14INO4. The molecule has 4 N–H and O–H groups in total. The smallest absolute Gasteiger partial charge is 0.320 e. The molecule has 0 heterocycles. The third kappa shape index (κ3) is 4.33. The molecule has 0 aliphatic heterocycles. The molecule has 0 amide bonds. The van der Waals surface area contributed by atoms with Crippen LogP contribution in [0.15, 0.2) is 42.5 Å². The molecule has 0 bridgehead atoms. The van der Waals surface area contributed by atoms with Crippen molar-refractivity contribution in [1.29, 1.82) is 0 Å². The second-order valence-corrected chi connectivity index (χ2v) is 5.67. The van der Waals surface area contributed by atoms with Gasteiger partial charge in [0.25, 0.3) is 0 Å². The van der Waals surface area contributed by atoms with E-state index in [2.05, 4.69) is 0 Å². The number of aliphatic carboxylic acids is 1. The first-order chi connectivity index (χ1) is 9.95. The zero-order chi connectivity index (χ0) is 15.4. The topological polar surface area (TPSA) is 92.8 Å². The molecule has 0 aliphatic carbocycles. The van der Waals surface area contributed by atoms with Gasteiger partial charge in [-0.3, -0.25) is 4.79 Å². The van der Waals surface area contributed by atoms with Gasteiger partial charge in [-0.15, -0.1) is 0 Å². The van der Waals surface area contributed by atoms with Crippen molar-refractivity contribution in [2.75, 3.05) is 0 Å². The SMILES string of the molecule is N[C@H](Cc1ccc(Oc2ccc(O)c(I)c2)cc1)C(=O)O. The summed E-state index contributed by atoms with van der Waals surface area (Å²) in [6.07, 6.45) is 0.271. The number of halogens is 1. The van der Waals surface area contributed by atoms with Gasteiger partial charge < -0.3 is 20.7 Å². The summed E-state index contributed by atoms with van der Waals surface area (Å²) in [4.78, 5) is 10.7. The summed E-state index contributed by atoms with van der Waals surface area (Å²) in [7, 11) is 0. The Bertz CT molecular complexity index is 643. The zero-order valence-corrected chi connectivity index (χ0v) is 13.1. The molecule has 0 aliphatic rings. The van der Waals surface area contributed by atoms with Crippen LogP contribution in [-0.4, -0.2) is 22.2 Å². The number of carbonyl (C=O) groups is 1. The van der Waals surface area contributed by atoms with Crippen molar-refractivity contribution in [3.8, 4) is 17.2 Å². The van der Waals surface area contributed by atoms with Crippen LogP contribution < -0.4 is 10.5 Å². The molecule has 2 aromatic rings. The van der Waals surface area contributed by atoms with Crippen LogP contribution in [0.1, 0.15) is 5.56 Å². The molecule has 5 nitrogen and oxygen atoms in total. The van der Waals surface area contributed by atoms with Gasteiger partial charge in [0.15, 0.2) is 0 Å². The highest BCUT2D eigenvalue weighted by Crippen LogP contribution is 2.28. The second-order valence-electron chi connectivity index (χ2n) is 4.51. The maximum absolute atomic E-state index is 10.7. The molecule has 0 radical (unpaired) electrons. The Morgan fingerprint density at radius 1 is 1.19 bits per heavy atom. The van der Waals surface area contributed by atoms with E-state index < -0.39 is 12.0 Å². The number of phenols is 1. The summed E-state index contributed by atoms with van der Waals surface area (Å²) in [6.45, 7) is 0. The van der Waals surface area contributed by atoms with E-state index in [4.69, 9.17) is 15.6 Å². The van der Waals surface area contributed by atoms with Crippen LogP contribution in [-0.2, 0) is 11.2 Å². The molecule has 1 atom stereocenters. The monoisotopic (exact) mass is 399 g/mol. The Balaban J connectivity index is 2.05. The second kappa shape index (κ2) is 6.77. The van der Waals surface area contributed by atoms with Crippen molar-refractivity contribution in [3.63, 3.8) is 0 Å². The normalized spacial score (nSPS) is 11.9. The van der Waals surface area contributed by atoms with E-state index in [1.807, 2.05) is 22.6 Å². The Hall–Kier alpha value is -1.80. The lowest BCUT2D eigenvalue weighted by molar-refractivity contribution is -0.138. The largest absolute Gasteiger partial charge is 0.507 e. The molecule has 6 heteroatoms. The van der Waals surface area contributed by atoms with Crippen LogP contribution in [0.5, 0.6) is 17.2 Å². The Kier molecular flexibility index (Phi) is 5.03. The average molecular weight is 399 g/mol. The van der Waals surface area contributed by atoms with Gasteiger partial charge in [-0.1, -0.05) is 12.1 Å². The standard InChI is InChI=1S/C15H14INO4/c16-12-8-11(5-6-14(12)18)21-10-3-1-9(2-4-10)7-13(17)15(19)20/h1-6,8,13,18H,7,17H2,(H,19,20)/t13-/m1/s1. The van der Waals surface area contributed by atoms with Gasteiger partial charge in [0.2, 0.25) is 0 Å². The number of ether oxygens (including phenoxy) is 1. The Morgan fingerprint density at radius 3 is 2.38 bits per heavy atom. The quantitative estimate of drug-likeness (QED) is 0.673. The highest BCUT2D eigenvalue weighted by Gasteiger charge is 2.12. The molecule has 0 saturated heterocycles. The molecule has 0 aromatic heterocycles. The van der Waals surface area contributed by atoms with E-state index >= 15 is 0 Å². The molecule has 0 saturated carbocycles. The number of nitrogens with two attached hydrogens (primary N) is 1. The number of hydrogen-bond acceptors (Lipinski definition) is 4. The number of carboxylic acid groups (broad SMARTS) is 1. The number of rotatable bonds is 5. The maximum Gasteiger partial charge on any atom is 0.320 e. The minimum atomic E-state index is -1.02. The first-order valence-electron chi connectivity index (χ1n) is 6.19. The summed E-state index contributed by atoms with van der Waals surface area (Å²) in [5, 5.41) is 18.2. The van der Waals surface area contributed by atoms with Crippen LogP contribution in [0.4, 0.5) is 0 Å². The van der Waals surface area contributed by atoms with Crippen molar-refractivity contribution in [3.05, 3.63) is 51.6 Å². The summed E-state index contributed by atoms with van der Waals surface area (Å²) < 4.78 is 6.36. The summed E-state index contributed by atoms with van der Waals surface area (Å²) in [5.74, 6) is 0.436. The van der Waals surface area contributed by atoms with Crippen molar-refractivity contribution < 1.29 is 19.7 Å². The predicted octanol–water partition coefficient (Wildman–Crippen LogP) is 2.74. The van der Waals surface area contributed by atoms with E-state index in [0.717, 1.165) is 5.56 Å². The van der Waals surface area contributed by atoms with Crippen LogP contribution >= 0.6 is 22.6 Å². The summed E-state index contributed by atoms with van der Waals surface area (Å²) in [5.41, 5.74) is 6.32. The molecule has 0 unspecified atom stereocenters. The Morgan fingerprint density at radius 2 is 1.81 bits per heavy atom. The molecule has 2 aromatic carbocycles. The maximum atomic E-state index is 10.7. The minimum absolute atomic E-state index is 0.209. The van der Waals surface area contributed by atoms with E-state index in [1.165, 1.54) is 0 Å². The highest BCUT2D eigenvalue weighted by atomic mass is 127. The van der Waals surface area contributed by atoms with Gasteiger partial charge in [-0.2, -0.15) is 0 Å². The van der Waals surface area contributed by atoms with Gasteiger partial charge >= 0.3 is 5.97 Å². The van der Waals surface area contributed by atoms with Crippen molar-refractivity contribution in [1.82, 2.24) is 0 Å². The molecular weight excluding hydrogens is 385 g/mol. The van der Waals surface area contributed by atoms with E-state index in [1.54, 1.807) is 42.5 Å². The van der Waals surface area contributed by atoms with Gasteiger partial charge in [0.05, 0.1) is 3.57 Å². The van der Waals surface area contributed by atoms with E-state index in [-0.39, 0.29) is 12.2 Å². The average Bonchev–Trinajstić information content (AvgIpc) is 2.45. The van der Waals surface area contributed by atoms with Gasteiger partial charge in [0, 0.05) is 0 Å². The molecule has 0 fully saturated rings. The lowest BCUT2D eigenvalue weighted by Crippen LogP contribution is -2.32. The van der Waals surface area contributed by atoms with E-state index in [9.17, 15) is 9.90 Å². The first kappa shape index (κ1) is 15.6. The number of aromatic hydroxyl groups is 1. The molecule has 0 spiro atoms. The molecule has 2 rings (SSSR count). The van der Waals surface area contributed by atoms with Crippen LogP contribution in [0.2, 0.25) is 0 Å². The van der Waals surface area contributed by atoms with Gasteiger partial charge in [-0.05, 0) is 64.9 Å². The van der Waals surface area contributed by atoms with Crippen molar-refractivity contribution in [2.45, 2.75) is 12.5 Å². The van der Waals surface area contributed by atoms with Crippen LogP contribution in [0, 0.1) is 3.57 Å². The fraction of sp³-hybridized carbons (Fsp3) is 0.133. The summed E-state index contributed by atoms with van der Waals surface area (Å²) in [6, 6.07) is 11.1. The first-order valence-corrected chi connectivity index (χ1v) is 7.27. The number of phenolic OH excluding ortho intramolecular Hbond substituents is 1. The van der Waals surface area contributed by atoms with Gasteiger partial charge in [0.1, 0.15) is 23.3 Å².